The van der Waals surface area contributed by atoms with Crippen molar-refractivity contribution in [1.29, 1.82) is 0 Å². The zero-order valence-corrected chi connectivity index (χ0v) is 19.3. The third kappa shape index (κ3) is 8.85. The first-order valence-electron chi connectivity index (χ1n) is 12.9. The molecule has 1 saturated heterocycles. The van der Waals surface area contributed by atoms with Crippen LogP contribution in [0.25, 0.3) is 0 Å². The summed E-state index contributed by atoms with van der Waals surface area (Å²) < 4.78 is 54.9. The molecule has 0 amide bonds. The lowest BCUT2D eigenvalue weighted by Crippen LogP contribution is -2.39. The van der Waals surface area contributed by atoms with Crippen LogP contribution in [0.5, 0.6) is 0 Å². The second-order valence-corrected chi connectivity index (χ2v) is 10.2. The predicted octanol–water partition coefficient (Wildman–Crippen LogP) is 7.28. The first kappa shape index (κ1) is 25.3. The highest BCUT2D eigenvalue weighted by Crippen LogP contribution is 2.42. The molecule has 2 saturated carbocycles. The Morgan fingerprint density at radius 2 is 1.35 bits per heavy atom. The number of halogens is 3. The van der Waals surface area contributed by atoms with E-state index < -0.39 is 12.6 Å². The summed E-state index contributed by atoms with van der Waals surface area (Å²) in [6.07, 6.45) is 9.88. The van der Waals surface area contributed by atoms with E-state index in [4.69, 9.17) is 14.2 Å². The van der Waals surface area contributed by atoms with Crippen LogP contribution in [0, 0.1) is 23.7 Å². The minimum absolute atomic E-state index is 0.106. The summed E-state index contributed by atoms with van der Waals surface area (Å²) in [6, 6.07) is 0. The Hall–Kier alpha value is -0.330. The topological polar surface area (TPSA) is 27.7 Å². The van der Waals surface area contributed by atoms with E-state index in [1.165, 1.54) is 57.8 Å². The van der Waals surface area contributed by atoms with E-state index in [9.17, 15) is 13.2 Å². The molecule has 6 heteroatoms. The first-order valence-corrected chi connectivity index (χ1v) is 12.9. The van der Waals surface area contributed by atoms with Gasteiger partial charge < -0.3 is 14.2 Å². The maximum absolute atomic E-state index is 12.3. The van der Waals surface area contributed by atoms with Crippen LogP contribution in [0.4, 0.5) is 13.2 Å². The van der Waals surface area contributed by atoms with E-state index >= 15 is 0 Å². The molecule has 1 heterocycles. The summed E-state index contributed by atoms with van der Waals surface area (Å²) in [5, 5.41) is 0. The molecule has 31 heavy (non-hydrogen) atoms. The van der Waals surface area contributed by atoms with Gasteiger partial charge in [0.1, 0.15) is 0 Å². The highest BCUT2D eigenvalue weighted by Gasteiger charge is 2.36. The van der Waals surface area contributed by atoms with Gasteiger partial charge in [0.2, 0.25) is 0 Å². The minimum Gasteiger partial charge on any atom is -0.378 e. The van der Waals surface area contributed by atoms with Crippen molar-refractivity contribution in [3.63, 3.8) is 0 Å². The van der Waals surface area contributed by atoms with Gasteiger partial charge in [0.25, 0.3) is 0 Å². The van der Waals surface area contributed by atoms with Crippen LogP contribution in [0.15, 0.2) is 0 Å². The Kier molecular flexibility index (Phi) is 10.4. The summed E-state index contributed by atoms with van der Waals surface area (Å²) in [6.45, 7) is 4.25. The van der Waals surface area contributed by atoms with Crippen LogP contribution in [-0.2, 0) is 14.2 Å². The van der Waals surface area contributed by atoms with Crippen molar-refractivity contribution in [1.82, 2.24) is 0 Å². The highest BCUT2D eigenvalue weighted by molar-refractivity contribution is 4.84. The molecule has 0 radical (unpaired) electrons. The van der Waals surface area contributed by atoms with Gasteiger partial charge in [0, 0.05) is 24.9 Å². The standard InChI is InChI=1S/C25H43F3O3/c1-2-3-4-16-29-23-13-11-21(12-14-23)20-7-9-22(10-8-20)24-30-17-19(18-31-24)6-5-15-25(26,27)28/h19-24H,2-18H2,1H3/t19-,20-,21-,22-,23-,24-. The molecule has 1 aliphatic heterocycles. The van der Waals surface area contributed by atoms with Crippen LogP contribution < -0.4 is 0 Å². The fourth-order valence-electron chi connectivity index (χ4n) is 5.81. The fraction of sp³-hybridized carbons (Fsp3) is 1.00. The van der Waals surface area contributed by atoms with Gasteiger partial charge in [-0.25, -0.2) is 0 Å². The Balaban J connectivity index is 1.27. The average Bonchev–Trinajstić information content (AvgIpc) is 2.77. The largest absolute Gasteiger partial charge is 0.389 e. The van der Waals surface area contributed by atoms with E-state index in [1.807, 2.05) is 0 Å². The lowest BCUT2D eigenvalue weighted by molar-refractivity contribution is -0.231. The lowest BCUT2D eigenvalue weighted by atomic mass is 9.70. The van der Waals surface area contributed by atoms with Crippen molar-refractivity contribution in [2.75, 3.05) is 19.8 Å². The molecule has 0 unspecified atom stereocenters. The normalized spacial score (nSPS) is 35.2. The van der Waals surface area contributed by atoms with Crippen LogP contribution in [0.1, 0.15) is 96.8 Å². The number of rotatable bonds is 10. The van der Waals surface area contributed by atoms with E-state index in [0.29, 0.717) is 31.7 Å². The van der Waals surface area contributed by atoms with Gasteiger partial charge in [-0.3, -0.25) is 0 Å². The molecule has 3 nitrogen and oxygen atoms in total. The zero-order chi connectivity index (χ0) is 22.1. The molecular weight excluding hydrogens is 405 g/mol. The Morgan fingerprint density at radius 3 is 1.94 bits per heavy atom. The maximum atomic E-state index is 12.3. The first-order chi connectivity index (χ1) is 14.9. The van der Waals surface area contributed by atoms with Crippen LogP contribution in [-0.4, -0.2) is 38.4 Å². The molecule has 0 aromatic carbocycles. The SMILES string of the molecule is CCCCCO[C@H]1CC[C@H]([C@H]2CC[C@H]([C@H]3OC[C@H](CCCC(F)(F)F)CO3)CC2)CC1. The molecule has 0 aromatic rings. The summed E-state index contributed by atoms with van der Waals surface area (Å²) >= 11 is 0. The van der Waals surface area contributed by atoms with Crippen molar-refractivity contribution in [2.24, 2.45) is 23.7 Å². The summed E-state index contributed by atoms with van der Waals surface area (Å²) in [4.78, 5) is 0. The average molecular weight is 449 g/mol. The molecule has 0 spiro atoms. The second kappa shape index (κ2) is 12.8. The van der Waals surface area contributed by atoms with Gasteiger partial charge >= 0.3 is 6.18 Å². The molecule has 3 fully saturated rings. The molecule has 0 aromatic heterocycles. The number of hydrogen-bond acceptors (Lipinski definition) is 3. The van der Waals surface area contributed by atoms with Gasteiger partial charge in [0.15, 0.2) is 6.29 Å². The van der Waals surface area contributed by atoms with E-state index in [1.54, 1.807) is 0 Å². The van der Waals surface area contributed by atoms with Crippen molar-refractivity contribution in [3.8, 4) is 0 Å². The number of unbranched alkanes of at least 4 members (excludes halogenated alkanes) is 2. The number of hydrogen-bond donors (Lipinski definition) is 0. The van der Waals surface area contributed by atoms with Gasteiger partial charge in [0.05, 0.1) is 19.3 Å². The highest BCUT2D eigenvalue weighted by atomic mass is 19.4. The van der Waals surface area contributed by atoms with Crippen LogP contribution >= 0.6 is 0 Å². The number of ether oxygens (including phenoxy) is 3. The quantitative estimate of drug-likeness (QED) is 0.329. The lowest BCUT2D eigenvalue weighted by Gasteiger charge is -2.41. The van der Waals surface area contributed by atoms with Crippen molar-refractivity contribution >= 4 is 0 Å². The van der Waals surface area contributed by atoms with E-state index in [0.717, 1.165) is 31.3 Å². The predicted molar refractivity (Wildman–Crippen MR) is 116 cm³/mol. The molecule has 3 aliphatic rings. The second-order valence-electron chi connectivity index (χ2n) is 10.2. The Labute approximate surface area is 186 Å². The van der Waals surface area contributed by atoms with Crippen molar-refractivity contribution < 1.29 is 27.4 Å². The smallest absolute Gasteiger partial charge is 0.378 e. The van der Waals surface area contributed by atoms with Gasteiger partial charge in [-0.15, -0.1) is 0 Å². The molecule has 0 bridgehead atoms. The third-order valence-electron chi connectivity index (χ3n) is 7.75. The van der Waals surface area contributed by atoms with Crippen molar-refractivity contribution in [3.05, 3.63) is 0 Å². The molecule has 2 aliphatic carbocycles. The van der Waals surface area contributed by atoms with Crippen LogP contribution in [0.3, 0.4) is 0 Å². The summed E-state index contributed by atoms with van der Waals surface area (Å²) in [5.41, 5.74) is 0. The molecule has 0 N–H and O–H groups in total. The maximum Gasteiger partial charge on any atom is 0.389 e. The fourth-order valence-corrected chi connectivity index (χ4v) is 5.81. The summed E-state index contributed by atoms with van der Waals surface area (Å²) in [7, 11) is 0. The van der Waals surface area contributed by atoms with Gasteiger partial charge in [-0.05, 0) is 82.5 Å². The zero-order valence-electron chi connectivity index (χ0n) is 19.3. The van der Waals surface area contributed by atoms with Crippen molar-refractivity contribution in [2.45, 2.75) is 115 Å². The Morgan fingerprint density at radius 1 is 0.774 bits per heavy atom. The minimum atomic E-state index is -4.06. The van der Waals surface area contributed by atoms with Crippen LogP contribution in [0.2, 0.25) is 0 Å². The van der Waals surface area contributed by atoms with E-state index in [2.05, 4.69) is 6.92 Å². The molecule has 182 valence electrons. The molecule has 3 rings (SSSR count). The van der Waals surface area contributed by atoms with Gasteiger partial charge in [-0.1, -0.05) is 19.8 Å². The monoisotopic (exact) mass is 448 g/mol. The van der Waals surface area contributed by atoms with E-state index in [-0.39, 0.29) is 18.6 Å². The van der Waals surface area contributed by atoms with Gasteiger partial charge in [-0.2, -0.15) is 13.2 Å². The third-order valence-corrected chi connectivity index (χ3v) is 7.75. The molecular formula is C25H43F3O3. The Bertz CT molecular complexity index is 475. The molecule has 0 atom stereocenters. The number of alkyl halides is 3. The summed E-state index contributed by atoms with van der Waals surface area (Å²) in [5.74, 6) is 2.23.